The van der Waals surface area contributed by atoms with E-state index in [1.165, 1.54) is 17.3 Å². The molecule has 2 aromatic carbocycles. The Morgan fingerprint density at radius 1 is 1.11 bits per heavy atom. The number of hydrogen-bond acceptors (Lipinski definition) is 4. The summed E-state index contributed by atoms with van der Waals surface area (Å²) in [6.07, 6.45) is 0.204. The summed E-state index contributed by atoms with van der Waals surface area (Å²) in [5.41, 5.74) is 3.47. The largest absolute Gasteiger partial charge is 0.310 e. The number of rotatable bonds is 4. The van der Waals surface area contributed by atoms with Gasteiger partial charge in [0.2, 0.25) is 5.91 Å². The zero-order valence-corrected chi connectivity index (χ0v) is 16.7. The Morgan fingerprint density at radius 2 is 1.82 bits per heavy atom. The fourth-order valence-corrected chi connectivity index (χ4v) is 4.18. The lowest BCUT2D eigenvalue weighted by molar-refractivity contribution is -0.116. The van der Waals surface area contributed by atoms with E-state index in [1.54, 1.807) is 12.1 Å². The summed E-state index contributed by atoms with van der Waals surface area (Å²) in [5.74, 6) is 0.524. The number of fused-ring (bicyclic) bond motifs is 1. The first-order valence-electron chi connectivity index (χ1n) is 8.87. The van der Waals surface area contributed by atoms with Gasteiger partial charge >= 0.3 is 0 Å². The monoisotopic (exact) mass is 411 g/mol. The number of aryl methyl sites for hydroxylation is 1. The Bertz CT molecular complexity index is 1080. The minimum atomic E-state index is -0.339. The zero-order chi connectivity index (χ0) is 19.7. The zero-order valence-electron chi connectivity index (χ0n) is 15.2. The summed E-state index contributed by atoms with van der Waals surface area (Å²) < 4.78 is 0. The molecule has 0 spiro atoms. The molecule has 0 saturated heterocycles. The van der Waals surface area contributed by atoms with Gasteiger partial charge in [-0.1, -0.05) is 65.3 Å². The molecule has 2 N–H and O–H groups in total. The SMILES string of the molecule is Cc1ccc(CSc2nc3c(c(=O)[nH]2)C(c2ccc(Cl)cc2)CC(=O)N3)cc1. The van der Waals surface area contributed by atoms with Crippen molar-refractivity contribution in [2.75, 3.05) is 5.32 Å². The number of carbonyl (C=O) groups excluding carboxylic acids is 1. The van der Waals surface area contributed by atoms with Gasteiger partial charge in [-0.3, -0.25) is 9.59 Å². The third-order valence-corrected chi connectivity index (χ3v) is 5.89. The second-order valence-electron chi connectivity index (χ2n) is 6.76. The molecule has 7 heteroatoms. The maximum absolute atomic E-state index is 12.8. The molecule has 1 aromatic heterocycles. The fraction of sp³-hybridized carbons (Fsp3) is 0.190. The third kappa shape index (κ3) is 3.98. The van der Waals surface area contributed by atoms with Crippen LogP contribution in [0, 0.1) is 6.92 Å². The number of halogens is 1. The van der Waals surface area contributed by atoms with Crippen LogP contribution >= 0.6 is 23.4 Å². The lowest BCUT2D eigenvalue weighted by Gasteiger charge is -2.24. The molecule has 0 radical (unpaired) electrons. The van der Waals surface area contributed by atoms with Crippen LogP contribution in [0.5, 0.6) is 0 Å². The summed E-state index contributed by atoms with van der Waals surface area (Å²) in [4.78, 5) is 32.4. The molecule has 1 unspecified atom stereocenters. The van der Waals surface area contributed by atoms with Crippen LogP contribution in [0.25, 0.3) is 0 Å². The minimum absolute atomic E-state index is 0.153. The average molecular weight is 412 g/mol. The number of anilines is 1. The summed E-state index contributed by atoms with van der Waals surface area (Å²) in [5, 5.41) is 3.85. The van der Waals surface area contributed by atoms with Crippen molar-refractivity contribution in [3.05, 3.63) is 86.2 Å². The second kappa shape index (κ2) is 7.81. The number of H-pyrrole nitrogens is 1. The maximum Gasteiger partial charge on any atom is 0.257 e. The number of nitrogens with zero attached hydrogens (tertiary/aromatic N) is 1. The molecule has 2 heterocycles. The molecule has 1 atom stereocenters. The number of benzene rings is 2. The summed E-state index contributed by atoms with van der Waals surface area (Å²) in [7, 11) is 0. The molecule has 5 nitrogen and oxygen atoms in total. The number of carbonyl (C=O) groups is 1. The number of hydrogen-bond donors (Lipinski definition) is 2. The Labute approximate surface area is 171 Å². The molecule has 0 fully saturated rings. The van der Waals surface area contributed by atoms with Gasteiger partial charge in [0.1, 0.15) is 5.82 Å². The molecule has 3 aromatic rings. The van der Waals surface area contributed by atoms with Crippen molar-refractivity contribution in [1.29, 1.82) is 0 Å². The smallest absolute Gasteiger partial charge is 0.257 e. The molecule has 1 aliphatic rings. The molecular formula is C21H18ClN3O2S. The normalized spacial score (nSPS) is 15.8. The summed E-state index contributed by atoms with van der Waals surface area (Å²) >= 11 is 7.39. The van der Waals surface area contributed by atoms with Gasteiger partial charge in [-0.2, -0.15) is 0 Å². The number of nitrogens with one attached hydrogen (secondary N) is 2. The van der Waals surface area contributed by atoms with Crippen molar-refractivity contribution in [3.63, 3.8) is 0 Å². The Morgan fingerprint density at radius 3 is 2.54 bits per heavy atom. The Balaban J connectivity index is 1.63. The van der Waals surface area contributed by atoms with E-state index in [2.05, 4.69) is 39.6 Å². The van der Waals surface area contributed by atoms with E-state index < -0.39 is 0 Å². The molecule has 0 bridgehead atoms. The molecule has 1 amide bonds. The van der Waals surface area contributed by atoms with Crippen LogP contribution in [0.2, 0.25) is 5.02 Å². The highest BCUT2D eigenvalue weighted by molar-refractivity contribution is 7.98. The number of amides is 1. The molecule has 1 aliphatic heterocycles. The highest BCUT2D eigenvalue weighted by Crippen LogP contribution is 2.35. The van der Waals surface area contributed by atoms with E-state index >= 15 is 0 Å². The van der Waals surface area contributed by atoms with Gasteiger partial charge in [0, 0.05) is 23.1 Å². The predicted molar refractivity (Wildman–Crippen MR) is 112 cm³/mol. The van der Waals surface area contributed by atoms with Crippen LogP contribution in [0.15, 0.2) is 58.5 Å². The fourth-order valence-electron chi connectivity index (χ4n) is 3.23. The molecule has 28 heavy (non-hydrogen) atoms. The molecule has 0 saturated carbocycles. The lowest BCUT2D eigenvalue weighted by Crippen LogP contribution is -2.31. The highest BCUT2D eigenvalue weighted by atomic mass is 35.5. The number of thioether (sulfide) groups is 1. The third-order valence-electron chi connectivity index (χ3n) is 4.70. The maximum atomic E-state index is 12.8. The standard InChI is InChI=1S/C21H18ClN3O2S/c1-12-2-4-13(5-3-12)11-28-21-24-19-18(20(27)25-21)16(10-17(26)23-19)14-6-8-15(22)9-7-14/h2-9,16H,10-11H2,1H3,(H2,23,24,25,26,27). The topological polar surface area (TPSA) is 74.8 Å². The molecular weight excluding hydrogens is 394 g/mol. The molecule has 4 rings (SSSR count). The van der Waals surface area contributed by atoms with Gasteiger partial charge in [0.05, 0.1) is 5.56 Å². The summed E-state index contributed by atoms with van der Waals surface area (Å²) in [6.45, 7) is 2.04. The van der Waals surface area contributed by atoms with Crippen LogP contribution in [0.1, 0.15) is 34.6 Å². The van der Waals surface area contributed by atoms with E-state index in [9.17, 15) is 9.59 Å². The Hall–Kier alpha value is -2.57. The van der Waals surface area contributed by atoms with Crippen LogP contribution in [-0.2, 0) is 10.5 Å². The van der Waals surface area contributed by atoms with Gasteiger partial charge in [-0.25, -0.2) is 4.98 Å². The van der Waals surface area contributed by atoms with Crippen molar-refractivity contribution in [3.8, 4) is 0 Å². The van der Waals surface area contributed by atoms with E-state index in [4.69, 9.17) is 11.6 Å². The first-order valence-corrected chi connectivity index (χ1v) is 10.2. The van der Waals surface area contributed by atoms with Gasteiger partial charge in [0.15, 0.2) is 5.16 Å². The van der Waals surface area contributed by atoms with Crippen molar-refractivity contribution >= 4 is 35.1 Å². The first kappa shape index (κ1) is 18.8. The van der Waals surface area contributed by atoms with Crippen LogP contribution < -0.4 is 10.9 Å². The Kier molecular flexibility index (Phi) is 5.24. The summed E-state index contributed by atoms with van der Waals surface area (Å²) in [6, 6.07) is 15.4. The van der Waals surface area contributed by atoms with Crippen molar-refractivity contribution in [1.82, 2.24) is 9.97 Å². The number of aromatic amines is 1. The second-order valence-corrected chi connectivity index (χ2v) is 8.16. The van der Waals surface area contributed by atoms with E-state index in [0.29, 0.717) is 27.3 Å². The van der Waals surface area contributed by atoms with Crippen molar-refractivity contribution < 1.29 is 4.79 Å². The quantitative estimate of drug-likeness (QED) is 0.489. The van der Waals surface area contributed by atoms with Crippen LogP contribution in [-0.4, -0.2) is 15.9 Å². The van der Waals surface area contributed by atoms with E-state index in [1.807, 2.05) is 19.1 Å². The number of aromatic nitrogens is 2. The van der Waals surface area contributed by atoms with Crippen molar-refractivity contribution in [2.24, 2.45) is 0 Å². The highest BCUT2D eigenvalue weighted by Gasteiger charge is 2.30. The van der Waals surface area contributed by atoms with Gasteiger partial charge in [0.25, 0.3) is 5.56 Å². The lowest BCUT2D eigenvalue weighted by atomic mass is 9.87. The minimum Gasteiger partial charge on any atom is -0.310 e. The van der Waals surface area contributed by atoms with Crippen molar-refractivity contribution in [2.45, 2.75) is 30.2 Å². The van der Waals surface area contributed by atoms with E-state index in [-0.39, 0.29) is 23.8 Å². The van der Waals surface area contributed by atoms with E-state index in [0.717, 1.165) is 11.1 Å². The van der Waals surface area contributed by atoms with Crippen LogP contribution in [0.3, 0.4) is 0 Å². The van der Waals surface area contributed by atoms with Gasteiger partial charge in [-0.05, 0) is 30.2 Å². The van der Waals surface area contributed by atoms with Gasteiger partial charge < -0.3 is 10.3 Å². The molecule has 142 valence electrons. The average Bonchev–Trinajstić information content (AvgIpc) is 2.67. The predicted octanol–water partition coefficient (Wildman–Crippen LogP) is 4.50. The van der Waals surface area contributed by atoms with Gasteiger partial charge in [-0.15, -0.1) is 0 Å². The molecule has 0 aliphatic carbocycles. The first-order chi connectivity index (χ1) is 13.5. The van der Waals surface area contributed by atoms with Crippen LogP contribution in [0.4, 0.5) is 5.82 Å².